The molecule has 1 saturated heterocycles. The maximum Gasteiger partial charge on any atom is 0.268 e. The first-order chi connectivity index (χ1) is 14.7. The zero-order valence-corrected chi connectivity index (χ0v) is 17.5. The van der Waals surface area contributed by atoms with E-state index in [4.69, 9.17) is 10.5 Å². The summed E-state index contributed by atoms with van der Waals surface area (Å²) in [5.41, 5.74) is 6.97. The van der Waals surface area contributed by atoms with Crippen LogP contribution < -0.4 is 15.4 Å². The lowest BCUT2D eigenvalue weighted by molar-refractivity contribution is 0.0995. The zero-order valence-electron chi connectivity index (χ0n) is 17.5. The fourth-order valence-corrected chi connectivity index (χ4v) is 4.47. The molecule has 160 valence electrons. The summed E-state index contributed by atoms with van der Waals surface area (Å²) in [6.45, 7) is 4.39. The minimum absolute atomic E-state index is 0.204. The first kappa shape index (κ1) is 20.6. The van der Waals surface area contributed by atoms with Crippen LogP contribution >= 0.6 is 0 Å². The van der Waals surface area contributed by atoms with Gasteiger partial charge in [-0.1, -0.05) is 18.6 Å². The number of aryl methyl sites for hydroxylation is 1. The molecule has 0 spiro atoms. The zero-order chi connectivity index (χ0) is 20.8. The molecule has 1 atom stereocenters. The number of carbonyl (C=O) groups excluding carboxylic acids is 1. The van der Waals surface area contributed by atoms with Crippen LogP contribution in [0.2, 0.25) is 0 Å². The Morgan fingerprint density at radius 1 is 1.07 bits per heavy atom. The molecular weight excluding hydrogens is 378 g/mol. The van der Waals surface area contributed by atoms with Crippen LogP contribution in [0.25, 0.3) is 0 Å². The molecule has 1 fully saturated rings. The van der Waals surface area contributed by atoms with Crippen LogP contribution in [0, 0.1) is 0 Å². The number of piperidine rings is 1. The Morgan fingerprint density at radius 3 is 2.90 bits per heavy atom. The van der Waals surface area contributed by atoms with E-state index in [0.29, 0.717) is 18.5 Å². The SMILES string of the molecule is NC(=O)c1cncc(N2CCCOc3cccc(c3)CCC3CCCCN3CC2)n1. The summed E-state index contributed by atoms with van der Waals surface area (Å²) >= 11 is 0. The Kier molecular flexibility index (Phi) is 6.79. The van der Waals surface area contributed by atoms with E-state index >= 15 is 0 Å². The maximum atomic E-state index is 11.6. The van der Waals surface area contributed by atoms with E-state index in [2.05, 4.69) is 38.0 Å². The maximum absolute atomic E-state index is 11.6. The molecule has 1 unspecified atom stereocenters. The average molecular weight is 410 g/mol. The van der Waals surface area contributed by atoms with E-state index in [1.165, 1.54) is 37.4 Å². The molecule has 2 aliphatic rings. The topological polar surface area (TPSA) is 84.6 Å². The number of benzene rings is 1. The van der Waals surface area contributed by atoms with Gasteiger partial charge in [0.05, 0.1) is 19.0 Å². The van der Waals surface area contributed by atoms with E-state index < -0.39 is 5.91 Å². The Morgan fingerprint density at radius 2 is 2.00 bits per heavy atom. The minimum atomic E-state index is -0.550. The Labute approximate surface area is 178 Å². The number of primary amides is 1. The van der Waals surface area contributed by atoms with Crippen molar-refractivity contribution in [3.63, 3.8) is 0 Å². The molecule has 7 nitrogen and oxygen atoms in total. The van der Waals surface area contributed by atoms with Crippen molar-refractivity contribution in [2.45, 2.75) is 44.6 Å². The highest BCUT2D eigenvalue weighted by Crippen LogP contribution is 2.23. The Bertz CT molecular complexity index is 859. The lowest BCUT2D eigenvalue weighted by Crippen LogP contribution is -2.44. The highest BCUT2D eigenvalue weighted by atomic mass is 16.5. The van der Waals surface area contributed by atoms with Crippen molar-refractivity contribution in [1.82, 2.24) is 14.9 Å². The fourth-order valence-electron chi connectivity index (χ4n) is 4.47. The van der Waals surface area contributed by atoms with Crippen LogP contribution in [-0.2, 0) is 6.42 Å². The third-order valence-electron chi connectivity index (χ3n) is 6.11. The monoisotopic (exact) mass is 409 g/mol. The summed E-state index contributed by atoms with van der Waals surface area (Å²) in [7, 11) is 0. The van der Waals surface area contributed by atoms with Gasteiger partial charge in [0.2, 0.25) is 0 Å². The molecule has 1 aromatic heterocycles. The minimum Gasteiger partial charge on any atom is -0.494 e. The van der Waals surface area contributed by atoms with Gasteiger partial charge in [-0.05, 0) is 56.3 Å². The molecule has 0 saturated carbocycles. The number of hydrogen-bond acceptors (Lipinski definition) is 6. The second-order valence-corrected chi connectivity index (χ2v) is 8.19. The summed E-state index contributed by atoms with van der Waals surface area (Å²) in [5, 5.41) is 0. The first-order valence-corrected chi connectivity index (χ1v) is 11.0. The van der Waals surface area contributed by atoms with Crippen LogP contribution in [-0.4, -0.2) is 59.6 Å². The van der Waals surface area contributed by atoms with Gasteiger partial charge in [-0.2, -0.15) is 0 Å². The lowest BCUT2D eigenvalue weighted by Gasteiger charge is -2.37. The average Bonchev–Trinajstić information content (AvgIpc) is 2.77. The fraction of sp³-hybridized carbons (Fsp3) is 0.522. The number of fused-ring (bicyclic) bond motifs is 3. The molecule has 3 heterocycles. The van der Waals surface area contributed by atoms with Gasteiger partial charge in [0, 0.05) is 25.7 Å². The quantitative estimate of drug-likeness (QED) is 0.821. The number of ether oxygens (including phenoxy) is 1. The summed E-state index contributed by atoms with van der Waals surface area (Å²) in [4.78, 5) is 25.0. The molecule has 1 amide bonds. The highest BCUT2D eigenvalue weighted by Gasteiger charge is 2.23. The van der Waals surface area contributed by atoms with Gasteiger partial charge in [-0.3, -0.25) is 14.7 Å². The molecule has 7 heteroatoms. The third kappa shape index (κ3) is 5.27. The van der Waals surface area contributed by atoms with Gasteiger partial charge >= 0.3 is 0 Å². The second-order valence-electron chi connectivity index (χ2n) is 8.19. The van der Waals surface area contributed by atoms with Gasteiger partial charge in [-0.25, -0.2) is 4.98 Å². The van der Waals surface area contributed by atoms with Crippen LogP contribution in [0.3, 0.4) is 0 Å². The molecule has 0 radical (unpaired) electrons. The predicted molar refractivity (Wildman–Crippen MR) is 117 cm³/mol. The second kappa shape index (κ2) is 9.89. The number of rotatable bonds is 2. The van der Waals surface area contributed by atoms with Crippen molar-refractivity contribution in [1.29, 1.82) is 0 Å². The van der Waals surface area contributed by atoms with Crippen molar-refractivity contribution < 1.29 is 9.53 Å². The largest absolute Gasteiger partial charge is 0.494 e. The number of carbonyl (C=O) groups is 1. The number of nitrogens with two attached hydrogens (primary N) is 1. The number of hydrogen-bond donors (Lipinski definition) is 1. The highest BCUT2D eigenvalue weighted by molar-refractivity contribution is 5.90. The molecule has 2 aliphatic heterocycles. The van der Waals surface area contributed by atoms with Crippen molar-refractivity contribution >= 4 is 11.7 Å². The molecule has 0 aliphatic carbocycles. The first-order valence-electron chi connectivity index (χ1n) is 11.0. The summed E-state index contributed by atoms with van der Waals surface area (Å²) < 4.78 is 6.00. The molecular formula is C23H31N5O2. The molecule has 4 rings (SSSR count). The Hall–Kier alpha value is -2.67. The van der Waals surface area contributed by atoms with E-state index in [0.717, 1.165) is 44.8 Å². The van der Waals surface area contributed by atoms with Gasteiger partial charge in [0.1, 0.15) is 17.3 Å². The molecule has 30 heavy (non-hydrogen) atoms. The number of amides is 1. The van der Waals surface area contributed by atoms with E-state index in [1.54, 1.807) is 6.20 Å². The van der Waals surface area contributed by atoms with E-state index in [1.807, 2.05) is 6.07 Å². The van der Waals surface area contributed by atoms with E-state index in [9.17, 15) is 4.79 Å². The standard InChI is InChI=1S/C23H31N5O2/c24-23(29)21-16-25-17-22(26-21)28-11-4-14-30-20-7-3-5-18(15-20)8-9-19-6-1-2-10-27(19)12-13-28/h3,5,7,15-17,19H,1-2,4,6,8-14H2,(H2,24,29). The smallest absolute Gasteiger partial charge is 0.268 e. The van der Waals surface area contributed by atoms with Crippen LogP contribution in [0.5, 0.6) is 5.75 Å². The predicted octanol–water partition coefficient (Wildman–Crippen LogP) is 2.65. The van der Waals surface area contributed by atoms with E-state index in [-0.39, 0.29) is 5.69 Å². The van der Waals surface area contributed by atoms with Crippen LogP contribution in [0.1, 0.15) is 48.2 Å². The van der Waals surface area contributed by atoms with Crippen molar-refractivity contribution in [2.24, 2.45) is 5.73 Å². The van der Waals surface area contributed by atoms with Crippen LogP contribution in [0.4, 0.5) is 5.82 Å². The number of nitrogens with zero attached hydrogens (tertiary/aromatic N) is 4. The van der Waals surface area contributed by atoms with Gasteiger partial charge in [-0.15, -0.1) is 0 Å². The molecule has 1 aromatic carbocycles. The molecule has 2 bridgehead atoms. The Balaban J connectivity index is 1.54. The number of anilines is 1. The van der Waals surface area contributed by atoms with Crippen molar-refractivity contribution in [2.75, 3.05) is 37.7 Å². The molecule has 2 aromatic rings. The third-order valence-corrected chi connectivity index (χ3v) is 6.11. The molecule has 2 N–H and O–H groups in total. The van der Waals surface area contributed by atoms with Crippen LogP contribution in [0.15, 0.2) is 36.7 Å². The van der Waals surface area contributed by atoms with Gasteiger partial charge in [0.15, 0.2) is 0 Å². The summed E-state index contributed by atoms with van der Waals surface area (Å²) in [5.74, 6) is 1.09. The van der Waals surface area contributed by atoms with Crippen molar-refractivity contribution in [3.8, 4) is 5.75 Å². The summed E-state index contributed by atoms with van der Waals surface area (Å²) in [6.07, 6.45) is 10.1. The lowest BCUT2D eigenvalue weighted by atomic mass is 9.95. The van der Waals surface area contributed by atoms with Gasteiger partial charge < -0.3 is 15.4 Å². The van der Waals surface area contributed by atoms with Crippen molar-refractivity contribution in [3.05, 3.63) is 47.9 Å². The number of aromatic nitrogens is 2. The van der Waals surface area contributed by atoms with Gasteiger partial charge in [0.25, 0.3) is 5.91 Å². The normalized spacial score (nSPS) is 21.2. The summed E-state index contributed by atoms with van der Waals surface area (Å²) in [6, 6.07) is 9.11.